The van der Waals surface area contributed by atoms with E-state index < -0.39 is 72.7 Å². The molecule has 41 heavy (non-hydrogen) atoms. The lowest BCUT2D eigenvalue weighted by Crippen LogP contribution is -2.48. The fraction of sp³-hybridized carbons (Fsp3) is 0.414. The van der Waals surface area contributed by atoms with Gasteiger partial charge in [0.2, 0.25) is 23.7 Å². The molecule has 1 saturated heterocycles. The lowest BCUT2D eigenvalue weighted by Gasteiger charge is -2.35. The molecule has 1 saturated carbocycles. The summed E-state index contributed by atoms with van der Waals surface area (Å²) in [5.41, 5.74) is 0.316. The highest BCUT2D eigenvalue weighted by Gasteiger charge is 2.47. The summed E-state index contributed by atoms with van der Waals surface area (Å²) in [5.74, 6) is -5.66. The zero-order chi connectivity index (χ0) is 29.3. The van der Waals surface area contributed by atoms with Gasteiger partial charge in [0.05, 0.1) is 24.7 Å². The number of aryl methyl sites for hydroxylation is 1. The van der Waals surface area contributed by atoms with E-state index in [1.165, 1.54) is 29.1 Å². The van der Waals surface area contributed by atoms with Gasteiger partial charge in [0.15, 0.2) is 0 Å². The van der Waals surface area contributed by atoms with Gasteiger partial charge in [-0.25, -0.2) is 18.2 Å². The summed E-state index contributed by atoms with van der Waals surface area (Å²) in [6.07, 6.45) is -0.123. The average Bonchev–Trinajstić information content (AvgIpc) is 3.34. The van der Waals surface area contributed by atoms with Crippen LogP contribution in [0.5, 0.6) is 0 Å². The summed E-state index contributed by atoms with van der Waals surface area (Å²) in [4.78, 5) is 48.3. The number of hydrogen-bond donors (Lipinski definition) is 1. The van der Waals surface area contributed by atoms with Crippen LogP contribution in [0, 0.1) is 5.95 Å². The Morgan fingerprint density at radius 1 is 1.15 bits per heavy atom. The molecule has 1 aliphatic heterocycles. The van der Waals surface area contributed by atoms with Crippen LogP contribution in [-0.2, 0) is 22.6 Å². The normalized spacial score (nSPS) is 20.9. The molecule has 2 amide bonds. The number of carbonyl (C=O) groups is 2. The van der Waals surface area contributed by atoms with Crippen molar-refractivity contribution in [1.82, 2.24) is 24.8 Å². The van der Waals surface area contributed by atoms with Gasteiger partial charge in [-0.1, -0.05) is 36.4 Å². The first-order chi connectivity index (χ1) is 19.6. The number of benzene rings is 1. The summed E-state index contributed by atoms with van der Waals surface area (Å²) >= 11 is 0. The number of pyridine rings is 1. The average molecular weight is 572 g/mol. The van der Waals surface area contributed by atoms with Crippen molar-refractivity contribution in [1.29, 1.82) is 0 Å². The minimum atomic E-state index is -2.82. The van der Waals surface area contributed by atoms with Gasteiger partial charge in [0, 0.05) is 43.8 Å². The Bertz CT molecular complexity index is 1490. The third-order valence-corrected chi connectivity index (χ3v) is 7.66. The smallest absolute Gasteiger partial charge is 0.272 e. The molecule has 8 nitrogen and oxygen atoms in total. The van der Waals surface area contributed by atoms with Gasteiger partial charge in [-0.15, -0.1) is 0 Å². The lowest BCUT2D eigenvalue weighted by molar-refractivity contribution is -0.138. The standard InChI is InChI=1S/C29H29F4N5O3/c1-2-37-11-10-34-22(28(37)41)13-24(39)38-16-19(30)12-23(38)27(40)36-25(17-6-4-3-5-7-17)21-9-8-20(26(31)35-21)18-14-29(32,33)15-18/h3-11,18-19,23,25H,2,12-16H2,1H3,(H,36,40)/t19-,23+,25+/m1/s1. The van der Waals surface area contributed by atoms with Gasteiger partial charge in [-0.05, 0) is 24.5 Å². The zero-order valence-corrected chi connectivity index (χ0v) is 22.3. The number of aromatic nitrogens is 3. The predicted octanol–water partition coefficient (Wildman–Crippen LogP) is 3.70. The SMILES string of the molecule is CCn1ccnc(CC(=O)N2C[C@H](F)C[C@H]2C(=O)N[C@@H](c2ccccc2)c2ccc(C3CC(F)(F)C3)c(F)n2)c1=O. The molecule has 2 aromatic heterocycles. The topological polar surface area (TPSA) is 97.2 Å². The van der Waals surface area contributed by atoms with Crippen LogP contribution >= 0.6 is 0 Å². The van der Waals surface area contributed by atoms with Crippen molar-refractivity contribution in [3.63, 3.8) is 0 Å². The molecule has 0 unspecified atom stereocenters. The minimum Gasteiger partial charge on any atom is -0.342 e. The van der Waals surface area contributed by atoms with E-state index in [-0.39, 0.29) is 29.9 Å². The van der Waals surface area contributed by atoms with Gasteiger partial charge in [-0.2, -0.15) is 4.39 Å². The van der Waals surface area contributed by atoms with Crippen LogP contribution in [0.2, 0.25) is 0 Å². The van der Waals surface area contributed by atoms with Crippen molar-refractivity contribution < 1.29 is 27.2 Å². The van der Waals surface area contributed by atoms with E-state index in [0.29, 0.717) is 12.1 Å². The van der Waals surface area contributed by atoms with Crippen molar-refractivity contribution >= 4 is 11.8 Å². The molecule has 216 valence electrons. The molecule has 2 aliphatic rings. The zero-order valence-electron chi connectivity index (χ0n) is 22.3. The van der Waals surface area contributed by atoms with E-state index in [2.05, 4.69) is 15.3 Å². The van der Waals surface area contributed by atoms with E-state index in [1.807, 2.05) is 0 Å². The van der Waals surface area contributed by atoms with Crippen molar-refractivity contribution in [2.45, 2.75) is 69.2 Å². The third kappa shape index (κ3) is 6.01. The molecule has 3 aromatic rings. The molecule has 1 aliphatic carbocycles. The largest absolute Gasteiger partial charge is 0.342 e. The van der Waals surface area contributed by atoms with E-state index in [9.17, 15) is 31.9 Å². The van der Waals surface area contributed by atoms with Crippen LogP contribution in [0.25, 0.3) is 0 Å². The fourth-order valence-corrected chi connectivity index (χ4v) is 5.43. The Morgan fingerprint density at radius 3 is 2.54 bits per heavy atom. The first-order valence-corrected chi connectivity index (χ1v) is 13.4. The molecular weight excluding hydrogens is 542 g/mol. The highest BCUT2D eigenvalue weighted by Crippen LogP contribution is 2.48. The second-order valence-electron chi connectivity index (χ2n) is 10.5. The maximum atomic E-state index is 15.0. The molecule has 3 atom stereocenters. The molecule has 0 spiro atoms. The number of hydrogen-bond acceptors (Lipinski definition) is 5. The summed E-state index contributed by atoms with van der Waals surface area (Å²) in [5, 5.41) is 2.78. The van der Waals surface area contributed by atoms with Crippen LogP contribution < -0.4 is 10.9 Å². The van der Waals surface area contributed by atoms with E-state index in [4.69, 9.17) is 0 Å². The van der Waals surface area contributed by atoms with Crippen LogP contribution in [0.4, 0.5) is 17.6 Å². The first-order valence-electron chi connectivity index (χ1n) is 13.4. The Balaban J connectivity index is 1.37. The molecule has 3 heterocycles. The third-order valence-electron chi connectivity index (χ3n) is 7.66. The van der Waals surface area contributed by atoms with E-state index in [0.717, 1.165) is 4.90 Å². The highest BCUT2D eigenvalue weighted by atomic mass is 19.3. The molecule has 1 N–H and O–H groups in total. The Hall–Kier alpha value is -4.09. The quantitative estimate of drug-likeness (QED) is 0.329. The molecule has 0 bridgehead atoms. The number of amides is 2. The maximum absolute atomic E-state index is 15.0. The molecule has 0 radical (unpaired) electrons. The number of alkyl halides is 3. The molecule has 12 heteroatoms. The van der Waals surface area contributed by atoms with Crippen LogP contribution in [0.3, 0.4) is 0 Å². The maximum Gasteiger partial charge on any atom is 0.272 e. The van der Waals surface area contributed by atoms with Crippen molar-refractivity contribution in [2.75, 3.05) is 6.54 Å². The monoisotopic (exact) mass is 571 g/mol. The lowest BCUT2D eigenvalue weighted by atomic mass is 9.77. The van der Waals surface area contributed by atoms with Gasteiger partial charge in [-0.3, -0.25) is 19.4 Å². The second kappa shape index (κ2) is 11.4. The van der Waals surface area contributed by atoms with Crippen LogP contribution in [0.1, 0.15) is 60.7 Å². The summed E-state index contributed by atoms with van der Waals surface area (Å²) in [6.45, 7) is 1.83. The number of carbonyl (C=O) groups excluding carboxylic acids is 2. The summed E-state index contributed by atoms with van der Waals surface area (Å²) in [6, 6.07) is 9.32. The highest BCUT2D eigenvalue weighted by molar-refractivity contribution is 5.89. The Labute approximate surface area is 233 Å². The fourth-order valence-electron chi connectivity index (χ4n) is 5.43. The van der Waals surface area contributed by atoms with Crippen LogP contribution in [-0.4, -0.2) is 55.9 Å². The molecule has 1 aromatic carbocycles. The summed E-state index contributed by atoms with van der Waals surface area (Å²) in [7, 11) is 0. The number of likely N-dealkylation sites (tertiary alicyclic amines) is 1. The second-order valence-corrected chi connectivity index (χ2v) is 10.5. The minimum absolute atomic E-state index is 0.00744. The number of halogens is 4. The van der Waals surface area contributed by atoms with E-state index in [1.54, 1.807) is 37.3 Å². The molecule has 5 rings (SSSR count). The van der Waals surface area contributed by atoms with E-state index >= 15 is 0 Å². The predicted molar refractivity (Wildman–Crippen MR) is 140 cm³/mol. The van der Waals surface area contributed by atoms with Crippen molar-refractivity contribution in [3.8, 4) is 0 Å². The first kappa shape index (κ1) is 28.4. The van der Waals surface area contributed by atoms with Gasteiger partial charge < -0.3 is 14.8 Å². The number of nitrogens with one attached hydrogen (secondary N) is 1. The van der Waals surface area contributed by atoms with Crippen molar-refractivity contribution in [2.24, 2.45) is 0 Å². The van der Waals surface area contributed by atoms with Crippen molar-refractivity contribution in [3.05, 3.63) is 93.7 Å². The van der Waals surface area contributed by atoms with Crippen LogP contribution in [0.15, 0.2) is 59.7 Å². The Kier molecular flexibility index (Phi) is 7.92. The molecule has 2 fully saturated rings. The van der Waals surface area contributed by atoms with Gasteiger partial charge in [0.25, 0.3) is 5.56 Å². The number of nitrogens with zero attached hydrogens (tertiary/aromatic N) is 4. The Morgan fingerprint density at radius 2 is 1.88 bits per heavy atom. The summed E-state index contributed by atoms with van der Waals surface area (Å²) < 4.78 is 57.7. The molecular formula is C29H29F4N5O3. The van der Waals surface area contributed by atoms with Gasteiger partial charge in [0.1, 0.15) is 17.9 Å². The van der Waals surface area contributed by atoms with Gasteiger partial charge >= 0.3 is 0 Å². The number of rotatable bonds is 8.